The van der Waals surface area contributed by atoms with Crippen LogP contribution in [0.4, 0.5) is 0 Å². The third kappa shape index (κ3) is 4.37. The monoisotopic (exact) mass is 385 g/mol. The molecular weight excluding hydrogens is 366 g/mol. The standard InChI is InChI=1S/C18H19N5O3S/c1-11-20-21-15(27-11)7-8-19-17(24)13-6-4-5-12(9-13)14-10-23(2)22-16(14)18(25)26-3/h4-6,9-10H,7-8H2,1-3H3,(H,19,24). The highest BCUT2D eigenvalue weighted by Gasteiger charge is 2.18. The maximum Gasteiger partial charge on any atom is 0.359 e. The second-order valence-electron chi connectivity index (χ2n) is 5.86. The molecule has 0 atom stereocenters. The molecule has 0 unspecified atom stereocenters. The molecule has 0 fully saturated rings. The first-order chi connectivity index (χ1) is 13.0. The van der Waals surface area contributed by atoms with E-state index in [9.17, 15) is 9.59 Å². The van der Waals surface area contributed by atoms with Crippen LogP contribution in [-0.4, -0.2) is 45.5 Å². The molecule has 2 aromatic heterocycles. The van der Waals surface area contributed by atoms with Gasteiger partial charge in [-0.2, -0.15) is 5.10 Å². The van der Waals surface area contributed by atoms with Crippen LogP contribution < -0.4 is 5.32 Å². The number of nitrogens with one attached hydrogen (secondary N) is 1. The van der Waals surface area contributed by atoms with Crippen LogP contribution in [0.15, 0.2) is 30.5 Å². The summed E-state index contributed by atoms with van der Waals surface area (Å²) in [7, 11) is 3.03. The summed E-state index contributed by atoms with van der Waals surface area (Å²) in [4.78, 5) is 24.4. The van der Waals surface area contributed by atoms with Gasteiger partial charge in [-0.25, -0.2) is 4.79 Å². The van der Waals surface area contributed by atoms with Crippen molar-refractivity contribution < 1.29 is 14.3 Å². The number of nitrogens with zero attached hydrogens (tertiary/aromatic N) is 4. The molecule has 0 spiro atoms. The zero-order valence-electron chi connectivity index (χ0n) is 15.2. The van der Waals surface area contributed by atoms with Crippen LogP contribution >= 0.6 is 11.3 Å². The lowest BCUT2D eigenvalue weighted by Crippen LogP contribution is -2.25. The molecule has 1 amide bonds. The quantitative estimate of drug-likeness (QED) is 0.652. The molecule has 1 N–H and O–H groups in total. The van der Waals surface area contributed by atoms with E-state index in [0.29, 0.717) is 24.1 Å². The number of amides is 1. The van der Waals surface area contributed by atoms with Gasteiger partial charge in [0, 0.05) is 37.3 Å². The molecule has 0 radical (unpaired) electrons. The fourth-order valence-corrected chi connectivity index (χ4v) is 3.31. The van der Waals surface area contributed by atoms with Crippen molar-refractivity contribution in [3.63, 3.8) is 0 Å². The Morgan fingerprint density at radius 2 is 2.11 bits per heavy atom. The van der Waals surface area contributed by atoms with Gasteiger partial charge in [-0.1, -0.05) is 12.1 Å². The van der Waals surface area contributed by atoms with E-state index in [4.69, 9.17) is 4.74 Å². The SMILES string of the molecule is COC(=O)c1nn(C)cc1-c1cccc(C(=O)NCCc2nnc(C)s2)c1. The first-order valence-corrected chi connectivity index (χ1v) is 9.09. The minimum Gasteiger partial charge on any atom is -0.464 e. The van der Waals surface area contributed by atoms with Gasteiger partial charge < -0.3 is 10.1 Å². The number of rotatable bonds is 6. The van der Waals surface area contributed by atoms with Gasteiger partial charge in [0.2, 0.25) is 0 Å². The Hall–Kier alpha value is -3.07. The summed E-state index contributed by atoms with van der Waals surface area (Å²) < 4.78 is 6.32. The van der Waals surface area contributed by atoms with Crippen LogP contribution in [0.1, 0.15) is 30.9 Å². The lowest BCUT2D eigenvalue weighted by atomic mass is 10.0. The number of methoxy groups -OCH3 is 1. The molecule has 0 saturated carbocycles. The minimum atomic E-state index is -0.521. The topological polar surface area (TPSA) is 99.0 Å². The third-order valence-corrected chi connectivity index (χ3v) is 4.73. The van der Waals surface area contributed by atoms with Crippen molar-refractivity contribution in [3.8, 4) is 11.1 Å². The normalized spacial score (nSPS) is 10.6. The van der Waals surface area contributed by atoms with Crippen molar-refractivity contribution in [1.82, 2.24) is 25.3 Å². The summed E-state index contributed by atoms with van der Waals surface area (Å²) in [6.07, 6.45) is 2.35. The second kappa shape index (κ2) is 8.09. The molecule has 0 aliphatic rings. The molecule has 1 aromatic carbocycles. The van der Waals surface area contributed by atoms with Crippen LogP contribution in [0.2, 0.25) is 0 Å². The van der Waals surface area contributed by atoms with Crippen molar-refractivity contribution in [2.24, 2.45) is 7.05 Å². The molecule has 8 nitrogen and oxygen atoms in total. The smallest absolute Gasteiger partial charge is 0.359 e. The average Bonchev–Trinajstić information content (AvgIpc) is 3.26. The fraction of sp³-hybridized carbons (Fsp3) is 0.278. The molecular formula is C18H19N5O3S. The van der Waals surface area contributed by atoms with Crippen molar-refractivity contribution in [3.05, 3.63) is 51.7 Å². The van der Waals surface area contributed by atoms with Crippen LogP contribution in [-0.2, 0) is 18.2 Å². The predicted molar refractivity (Wildman–Crippen MR) is 101 cm³/mol. The number of ether oxygens (including phenoxy) is 1. The van der Waals surface area contributed by atoms with E-state index >= 15 is 0 Å². The fourth-order valence-electron chi connectivity index (χ4n) is 2.60. The lowest BCUT2D eigenvalue weighted by Gasteiger charge is -2.06. The highest BCUT2D eigenvalue weighted by Crippen LogP contribution is 2.24. The van der Waals surface area contributed by atoms with Gasteiger partial charge in [0.25, 0.3) is 5.91 Å². The number of aryl methyl sites for hydroxylation is 2. The summed E-state index contributed by atoms with van der Waals surface area (Å²) in [5, 5.41) is 16.8. The Morgan fingerprint density at radius 3 is 2.81 bits per heavy atom. The van der Waals surface area contributed by atoms with Crippen LogP contribution in [0.3, 0.4) is 0 Å². The minimum absolute atomic E-state index is 0.193. The van der Waals surface area contributed by atoms with E-state index in [-0.39, 0.29) is 11.6 Å². The maximum atomic E-state index is 12.4. The van der Waals surface area contributed by atoms with Gasteiger partial charge in [0.05, 0.1) is 7.11 Å². The van der Waals surface area contributed by atoms with Gasteiger partial charge in [0.1, 0.15) is 10.0 Å². The van der Waals surface area contributed by atoms with Crippen molar-refractivity contribution >= 4 is 23.2 Å². The number of carbonyl (C=O) groups excluding carboxylic acids is 2. The Balaban J connectivity index is 1.73. The molecule has 140 valence electrons. The highest BCUT2D eigenvalue weighted by molar-refractivity contribution is 7.11. The Morgan fingerprint density at radius 1 is 1.30 bits per heavy atom. The first kappa shape index (κ1) is 18.7. The van der Waals surface area contributed by atoms with Gasteiger partial charge in [-0.05, 0) is 24.6 Å². The van der Waals surface area contributed by atoms with Crippen molar-refractivity contribution in [2.45, 2.75) is 13.3 Å². The molecule has 3 rings (SSSR count). The van der Waals surface area contributed by atoms with Gasteiger partial charge in [-0.3, -0.25) is 9.48 Å². The maximum absolute atomic E-state index is 12.4. The summed E-state index contributed by atoms with van der Waals surface area (Å²) in [5.74, 6) is -0.714. The summed E-state index contributed by atoms with van der Waals surface area (Å²) in [6.45, 7) is 2.37. The molecule has 27 heavy (non-hydrogen) atoms. The van der Waals surface area contributed by atoms with Crippen LogP contribution in [0.5, 0.6) is 0 Å². The van der Waals surface area contributed by atoms with E-state index in [1.165, 1.54) is 18.4 Å². The van der Waals surface area contributed by atoms with E-state index in [1.807, 2.05) is 13.0 Å². The third-order valence-electron chi connectivity index (χ3n) is 3.84. The molecule has 3 aromatic rings. The summed E-state index contributed by atoms with van der Waals surface area (Å²) in [5.41, 5.74) is 2.05. The van der Waals surface area contributed by atoms with E-state index < -0.39 is 5.97 Å². The lowest BCUT2D eigenvalue weighted by molar-refractivity contribution is 0.0594. The number of benzene rings is 1. The summed E-state index contributed by atoms with van der Waals surface area (Å²) in [6, 6.07) is 7.05. The Kier molecular flexibility index (Phi) is 5.60. The van der Waals surface area contributed by atoms with Crippen molar-refractivity contribution in [1.29, 1.82) is 0 Å². The molecule has 0 aliphatic carbocycles. The zero-order chi connectivity index (χ0) is 19.4. The van der Waals surface area contributed by atoms with E-state index in [1.54, 1.807) is 36.1 Å². The van der Waals surface area contributed by atoms with Crippen molar-refractivity contribution in [2.75, 3.05) is 13.7 Å². The molecule has 2 heterocycles. The first-order valence-electron chi connectivity index (χ1n) is 8.27. The molecule has 0 bridgehead atoms. The number of hydrogen-bond acceptors (Lipinski definition) is 7. The zero-order valence-corrected chi connectivity index (χ0v) is 16.0. The highest BCUT2D eigenvalue weighted by atomic mass is 32.1. The largest absolute Gasteiger partial charge is 0.464 e. The van der Waals surface area contributed by atoms with Crippen LogP contribution in [0.25, 0.3) is 11.1 Å². The number of carbonyl (C=O) groups is 2. The van der Waals surface area contributed by atoms with Gasteiger partial charge in [-0.15, -0.1) is 21.5 Å². The second-order valence-corrected chi connectivity index (χ2v) is 7.12. The molecule has 0 aliphatic heterocycles. The Labute approximate surface area is 160 Å². The Bertz CT molecular complexity index is 979. The number of aromatic nitrogens is 4. The molecule has 0 saturated heterocycles. The predicted octanol–water partition coefficient (Wildman–Crippen LogP) is 2.01. The summed E-state index contributed by atoms with van der Waals surface area (Å²) >= 11 is 1.52. The number of hydrogen-bond donors (Lipinski definition) is 1. The van der Waals surface area contributed by atoms with Gasteiger partial charge >= 0.3 is 5.97 Å². The van der Waals surface area contributed by atoms with E-state index in [0.717, 1.165) is 15.6 Å². The molecule has 9 heteroatoms. The average molecular weight is 385 g/mol. The number of esters is 1. The van der Waals surface area contributed by atoms with E-state index in [2.05, 4.69) is 20.6 Å². The van der Waals surface area contributed by atoms with Gasteiger partial charge in [0.15, 0.2) is 5.69 Å². The van der Waals surface area contributed by atoms with Crippen LogP contribution in [0, 0.1) is 6.92 Å².